The number of H-pyrrole nitrogens is 1. The average Bonchev–Trinajstić information content (AvgIpc) is 3.06. The van der Waals surface area contributed by atoms with Gasteiger partial charge in [0.05, 0.1) is 6.04 Å². The molecule has 1 fully saturated rings. The van der Waals surface area contributed by atoms with E-state index in [1.54, 1.807) is 0 Å². The highest BCUT2D eigenvalue weighted by Crippen LogP contribution is 2.43. The first-order valence-electron chi connectivity index (χ1n) is 6.77. The SMILES string of the molecule is CCC(NCC1CC2C=CC1C2)c1ncc[nH]1. The summed E-state index contributed by atoms with van der Waals surface area (Å²) in [5.74, 6) is 3.62. The molecule has 2 N–H and O–H groups in total. The molecule has 1 saturated carbocycles. The van der Waals surface area contributed by atoms with Crippen LogP contribution in [0.4, 0.5) is 0 Å². The van der Waals surface area contributed by atoms with Crippen molar-refractivity contribution in [1.29, 1.82) is 0 Å². The van der Waals surface area contributed by atoms with E-state index < -0.39 is 0 Å². The van der Waals surface area contributed by atoms with E-state index in [-0.39, 0.29) is 0 Å². The zero-order chi connectivity index (χ0) is 11.7. The Morgan fingerprint density at radius 2 is 2.41 bits per heavy atom. The van der Waals surface area contributed by atoms with Crippen LogP contribution in [0.2, 0.25) is 0 Å². The van der Waals surface area contributed by atoms with Crippen LogP contribution in [0, 0.1) is 17.8 Å². The summed E-state index contributed by atoms with van der Waals surface area (Å²) < 4.78 is 0. The van der Waals surface area contributed by atoms with E-state index >= 15 is 0 Å². The molecule has 1 aromatic heterocycles. The fourth-order valence-corrected chi connectivity index (χ4v) is 3.33. The highest BCUT2D eigenvalue weighted by molar-refractivity contribution is 5.10. The molecule has 2 aliphatic carbocycles. The van der Waals surface area contributed by atoms with E-state index in [2.05, 4.69) is 34.4 Å². The Balaban J connectivity index is 1.55. The van der Waals surface area contributed by atoms with Gasteiger partial charge in [-0.15, -0.1) is 0 Å². The van der Waals surface area contributed by atoms with Crippen LogP contribution in [0.1, 0.15) is 38.1 Å². The first-order valence-corrected chi connectivity index (χ1v) is 6.77. The molecular formula is C14H21N3. The Labute approximate surface area is 103 Å². The van der Waals surface area contributed by atoms with Crippen molar-refractivity contribution < 1.29 is 0 Å². The van der Waals surface area contributed by atoms with E-state index in [1.165, 1.54) is 12.8 Å². The molecule has 1 aromatic rings. The number of aromatic amines is 1. The molecule has 92 valence electrons. The zero-order valence-electron chi connectivity index (χ0n) is 10.4. The van der Waals surface area contributed by atoms with Gasteiger partial charge in [0, 0.05) is 12.4 Å². The van der Waals surface area contributed by atoms with Gasteiger partial charge >= 0.3 is 0 Å². The molecule has 0 saturated heterocycles. The van der Waals surface area contributed by atoms with Gasteiger partial charge < -0.3 is 10.3 Å². The van der Waals surface area contributed by atoms with Crippen LogP contribution >= 0.6 is 0 Å². The normalized spacial score (nSPS) is 32.2. The first kappa shape index (κ1) is 11.0. The minimum atomic E-state index is 0.383. The van der Waals surface area contributed by atoms with Gasteiger partial charge in [0.1, 0.15) is 5.82 Å². The quantitative estimate of drug-likeness (QED) is 0.765. The molecule has 0 aromatic carbocycles. The van der Waals surface area contributed by atoms with Crippen LogP contribution in [0.25, 0.3) is 0 Å². The highest BCUT2D eigenvalue weighted by Gasteiger charge is 2.35. The number of allylic oxidation sites excluding steroid dienone is 2. The van der Waals surface area contributed by atoms with Gasteiger partial charge in [-0.1, -0.05) is 19.1 Å². The van der Waals surface area contributed by atoms with E-state index in [0.717, 1.165) is 36.5 Å². The maximum Gasteiger partial charge on any atom is 0.123 e. The summed E-state index contributed by atoms with van der Waals surface area (Å²) in [5, 5.41) is 3.67. The van der Waals surface area contributed by atoms with E-state index in [1.807, 2.05) is 12.4 Å². The second-order valence-corrected chi connectivity index (χ2v) is 5.38. The van der Waals surface area contributed by atoms with Crippen molar-refractivity contribution in [1.82, 2.24) is 15.3 Å². The van der Waals surface area contributed by atoms with E-state index in [4.69, 9.17) is 0 Å². The maximum atomic E-state index is 4.35. The molecule has 2 aliphatic rings. The molecule has 3 heteroatoms. The number of fused-ring (bicyclic) bond motifs is 2. The topological polar surface area (TPSA) is 40.7 Å². The lowest BCUT2D eigenvalue weighted by Crippen LogP contribution is -2.29. The van der Waals surface area contributed by atoms with Gasteiger partial charge in [-0.25, -0.2) is 4.98 Å². The third-order valence-corrected chi connectivity index (χ3v) is 4.30. The lowest BCUT2D eigenvalue weighted by Gasteiger charge is -2.22. The van der Waals surface area contributed by atoms with Gasteiger partial charge in [-0.2, -0.15) is 0 Å². The zero-order valence-corrected chi connectivity index (χ0v) is 10.4. The maximum absolute atomic E-state index is 4.35. The van der Waals surface area contributed by atoms with Gasteiger partial charge in [0.2, 0.25) is 0 Å². The summed E-state index contributed by atoms with van der Waals surface area (Å²) in [6, 6.07) is 0.383. The number of rotatable bonds is 5. The smallest absolute Gasteiger partial charge is 0.123 e. The second kappa shape index (κ2) is 4.65. The summed E-state index contributed by atoms with van der Waals surface area (Å²) in [6.45, 7) is 3.34. The lowest BCUT2D eigenvalue weighted by atomic mass is 9.93. The Hall–Kier alpha value is -1.09. The third kappa shape index (κ3) is 2.16. The molecule has 0 radical (unpaired) electrons. The number of hydrogen-bond donors (Lipinski definition) is 2. The van der Waals surface area contributed by atoms with Gasteiger partial charge in [-0.05, 0) is 43.6 Å². The molecule has 0 aliphatic heterocycles. The molecular weight excluding hydrogens is 210 g/mol. The largest absolute Gasteiger partial charge is 0.347 e. The van der Waals surface area contributed by atoms with Crippen molar-refractivity contribution >= 4 is 0 Å². The van der Waals surface area contributed by atoms with Crippen molar-refractivity contribution in [2.75, 3.05) is 6.54 Å². The average molecular weight is 231 g/mol. The van der Waals surface area contributed by atoms with Crippen molar-refractivity contribution in [3.8, 4) is 0 Å². The van der Waals surface area contributed by atoms with Gasteiger partial charge in [0.15, 0.2) is 0 Å². The van der Waals surface area contributed by atoms with Crippen molar-refractivity contribution in [3.63, 3.8) is 0 Å². The third-order valence-electron chi connectivity index (χ3n) is 4.30. The minimum Gasteiger partial charge on any atom is -0.347 e. The second-order valence-electron chi connectivity index (χ2n) is 5.38. The molecule has 4 unspecified atom stereocenters. The van der Waals surface area contributed by atoms with Crippen LogP contribution in [0.15, 0.2) is 24.5 Å². The van der Waals surface area contributed by atoms with Crippen molar-refractivity contribution in [2.45, 2.75) is 32.2 Å². The van der Waals surface area contributed by atoms with Crippen LogP contribution in [-0.2, 0) is 0 Å². The van der Waals surface area contributed by atoms with Crippen LogP contribution < -0.4 is 5.32 Å². The Bertz CT molecular complexity index is 382. The molecule has 4 atom stereocenters. The number of hydrogen-bond acceptors (Lipinski definition) is 2. The van der Waals surface area contributed by atoms with Crippen molar-refractivity contribution in [3.05, 3.63) is 30.4 Å². The molecule has 17 heavy (non-hydrogen) atoms. The fourth-order valence-electron chi connectivity index (χ4n) is 3.33. The van der Waals surface area contributed by atoms with Gasteiger partial charge in [-0.3, -0.25) is 0 Å². The molecule has 0 amide bonds. The summed E-state index contributed by atoms with van der Waals surface area (Å²) in [5.41, 5.74) is 0. The lowest BCUT2D eigenvalue weighted by molar-refractivity contribution is 0.375. The van der Waals surface area contributed by atoms with E-state index in [0.29, 0.717) is 6.04 Å². The highest BCUT2D eigenvalue weighted by atomic mass is 15.0. The van der Waals surface area contributed by atoms with Gasteiger partial charge in [0.25, 0.3) is 0 Å². The van der Waals surface area contributed by atoms with Crippen LogP contribution in [0.5, 0.6) is 0 Å². The molecule has 3 rings (SSSR count). The minimum absolute atomic E-state index is 0.383. The predicted octanol–water partition coefficient (Wildman–Crippen LogP) is 2.66. The fraction of sp³-hybridized carbons (Fsp3) is 0.643. The molecule has 3 nitrogen and oxygen atoms in total. The summed E-state index contributed by atoms with van der Waals surface area (Å²) in [4.78, 5) is 7.56. The first-order chi connectivity index (χ1) is 8.36. The Morgan fingerprint density at radius 3 is 3.00 bits per heavy atom. The number of nitrogens with zero attached hydrogens (tertiary/aromatic N) is 1. The Morgan fingerprint density at radius 1 is 1.47 bits per heavy atom. The number of imidazole rings is 1. The molecule has 1 heterocycles. The van der Waals surface area contributed by atoms with Crippen molar-refractivity contribution in [2.24, 2.45) is 17.8 Å². The number of nitrogens with one attached hydrogen (secondary N) is 2. The number of aromatic nitrogens is 2. The van der Waals surface area contributed by atoms with Crippen LogP contribution in [0.3, 0.4) is 0 Å². The molecule has 2 bridgehead atoms. The molecule has 0 spiro atoms. The summed E-state index contributed by atoms with van der Waals surface area (Å²) in [7, 11) is 0. The van der Waals surface area contributed by atoms with E-state index in [9.17, 15) is 0 Å². The standard InChI is InChI=1S/C14H21N3/c1-2-13(14-15-5-6-16-14)17-9-12-8-10-3-4-11(12)7-10/h3-6,10-13,17H,2,7-9H2,1H3,(H,15,16). The predicted molar refractivity (Wildman–Crippen MR) is 68.5 cm³/mol. The Kier molecular flexibility index (Phi) is 3.02. The summed E-state index contributed by atoms with van der Waals surface area (Å²) >= 11 is 0. The monoisotopic (exact) mass is 231 g/mol. The van der Waals surface area contributed by atoms with Crippen LogP contribution in [-0.4, -0.2) is 16.5 Å². The summed E-state index contributed by atoms with van der Waals surface area (Å²) in [6.07, 6.45) is 12.4.